The summed E-state index contributed by atoms with van der Waals surface area (Å²) in [4.78, 5) is 9.88. The van der Waals surface area contributed by atoms with Crippen LogP contribution in [0.2, 0.25) is 5.02 Å². The Kier molecular flexibility index (Phi) is 6.43. The number of halogens is 1. The van der Waals surface area contributed by atoms with Crippen molar-refractivity contribution in [3.05, 3.63) is 41.2 Å². The van der Waals surface area contributed by atoms with Gasteiger partial charge in [-0.3, -0.25) is 5.41 Å². The Bertz CT molecular complexity index is 993. The minimum absolute atomic E-state index is 0.0617. The third-order valence-corrected chi connectivity index (χ3v) is 6.24. The minimum atomic E-state index is -4.14. The molecule has 1 aliphatic heterocycles. The third kappa shape index (κ3) is 5.48. The Hall–Kier alpha value is -2.59. The Labute approximate surface area is 174 Å². The maximum atomic E-state index is 12.5. The quantitative estimate of drug-likeness (QED) is 0.397. The molecule has 0 atom stereocenters. The van der Waals surface area contributed by atoms with Crippen LogP contribution in [0.15, 0.2) is 35.2 Å². The highest BCUT2D eigenvalue weighted by Gasteiger charge is 2.23. The van der Waals surface area contributed by atoms with Gasteiger partial charge in [0, 0.05) is 13.1 Å². The number of nitrogens with one attached hydrogen (secondary N) is 1. The van der Waals surface area contributed by atoms with Crippen LogP contribution in [0, 0.1) is 18.3 Å². The van der Waals surface area contributed by atoms with Gasteiger partial charge in [0.15, 0.2) is 5.96 Å². The van der Waals surface area contributed by atoms with E-state index in [1.54, 1.807) is 19.1 Å². The minimum Gasteiger partial charge on any atom is -0.477 e. The van der Waals surface area contributed by atoms with Crippen molar-refractivity contribution >= 4 is 27.7 Å². The normalized spacial score (nSPS) is 15.2. The first-order valence-electron chi connectivity index (χ1n) is 9.01. The molecule has 1 aromatic carbocycles. The maximum absolute atomic E-state index is 12.5. The molecule has 0 saturated carbocycles. The van der Waals surface area contributed by atoms with Gasteiger partial charge in [-0.2, -0.15) is 18.4 Å². The van der Waals surface area contributed by atoms with E-state index in [2.05, 4.69) is 9.97 Å². The summed E-state index contributed by atoms with van der Waals surface area (Å²) in [5.74, 6) is 0.780. The average molecular weight is 440 g/mol. The van der Waals surface area contributed by atoms with Crippen LogP contribution in [-0.4, -0.2) is 48.9 Å². The van der Waals surface area contributed by atoms with Crippen molar-refractivity contribution in [2.24, 2.45) is 11.7 Å². The Balaban J connectivity index is 1.66. The molecule has 156 valence electrons. The summed E-state index contributed by atoms with van der Waals surface area (Å²) in [6.07, 6.45) is 1.68. The standard InChI is InChI=1S/C18H22ClN5O4S/c1-12-22-16(27-11-13-6-8-24(9-7-13)18(20)21)10-17(23-12)28-29(25,26)15-5-3-2-4-14(15)19/h2-5,10,13H,6-9,11H2,1H3,(H3,20,21). The summed E-state index contributed by atoms with van der Waals surface area (Å²) in [5.41, 5.74) is 5.50. The molecular weight excluding hydrogens is 418 g/mol. The largest absolute Gasteiger partial charge is 0.477 e. The number of likely N-dealkylation sites (tertiary alicyclic amines) is 1. The SMILES string of the molecule is Cc1nc(OCC2CCN(C(=N)N)CC2)cc(OS(=O)(=O)c2ccccc2Cl)n1. The summed E-state index contributed by atoms with van der Waals surface area (Å²) in [6, 6.07) is 7.35. The second kappa shape index (κ2) is 8.83. The Morgan fingerprint density at radius 3 is 2.59 bits per heavy atom. The van der Waals surface area contributed by atoms with E-state index in [4.69, 9.17) is 31.7 Å². The van der Waals surface area contributed by atoms with Crippen LogP contribution in [0.3, 0.4) is 0 Å². The zero-order chi connectivity index (χ0) is 21.0. The molecule has 11 heteroatoms. The fraction of sp³-hybridized carbons (Fsp3) is 0.389. The monoisotopic (exact) mass is 439 g/mol. The van der Waals surface area contributed by atoms with Gasteiger partial charge in [-0.1, -0.05) is 23.7 Å². The lowest BCUT2D eigenvalue weighted by atomic mass is 9.98. The van der Waals surface area contributed by atoms with Crippen LogP contribution in [0.5, 0.6) is 11.8 Å². The highest BCUT2D eigenvalue weighted by molar-refractivity contribution is 7.87. The van der Waals surface area contributed by atoms with Crippen LogP contribution >= 0.6 is 11.6 Å². The molecule has 1 aliphatic rings. The van der Waals surface area contributed by atoms with E-state index >= 15 is 0 Å². The van der Waals surface area contributed by atoms with Crippen LogP contribution in [0.1, 0.15) is 18.7 Å². The van der Waals surface area contributed by atoms with Gasteiger partial charge in [0.2, 0.25) is 11.8 Å². The lowest BCUT2D eigenvalue weighted by Gasteiger charge is -2.31. The summed E-state index contributed by atoms with van der Waals surface area (Å²) in [5, 5.41) is 7.53. The molecule has 3 rings (SSSR count). The average Bonchev–Trinajstić information content (AvgIpc) is 2.66. The highest BCUT2D eigenvalue weighted by atomic mass is 35.5. The van der Waals surface area contributed by atoms with E-state index in [1.165, 1.54) is 18.2 Å². The van der Waals surface area contributed by atoms with Crippen molar-refractivity contribution in [2.75, 3.05) is 19.7 Å². The first-order chi connectivity index (χ1) is 13.7. The molecule has 0 amide bonds. The van der Waals surface area contributed by atoms with Crippen molar-refractivity contribution in [3.8, 4) is 11.8 Å². The summed E-state index contributed by atoms with van der Waals surface area (Å²) in [6.45, 7) is 3.44. The van der Waals surface area contributed by atoms with Gasteiger partial charge in [-0.15, -0.1) is 0 Å². The van der Waals surface area contributed by atoms with E-state index in [-0.39, 0.29) is 33.6 Å². The number of hydrogen-bond donors (Lipinski definition) is 2. The number of nitrogens with two attached hydrogens (primary N) is 1. The first-order valence-corrected chi connectivity index (χ1v) is 10.8. The fourth-order valence-corrected chi connectivity index (χ4v) is 4.35. The lowest BCUT2D eigenvalue weighted by molar-refractivity contribution is 0.175. The van der Waals surface area contributed by atoms with Crippen molar-refractivity contribution in [3.63, 3.8) is 0 Å². The number of rotatable bonds is 6. The van der Waals surface area contributed by atoms with Crippen molar-refractivity contribution in [2.45, 2.75) is 24.7 Å². The van der Waals surface area contributed by atoms with Crippen molar-refractivity contribution < 1.29 is 17.3 Å². The van der Waals surface area contributed by atoms with Gasteiger partial charge in [-0.05, 0) is 37.8 Å². The molecule has 1 aromatic heterocycles. The number of ether oxygens (including phenoxy) is 1. The molecule has 1 saturated heterocycles. The predicted octanol–water partition coefficient (Wildman–Crippen LogP) is 2.19. The third-order valence-electron chi connectivity index (χ3n) is 4.51. The molecule has 0 unspecified atom stereocenters. The molecule has 29 heavy (non-hydrogen) atoms. The predicted molar refractivity (Wildman–Crippen MR) is 108 cm³/mol. The fourth-order valence-electron chi connectivity index (χ4n) is 2.98. The summed E-state index contributed by atoms with van der Waals surface area (Å²) < 4.78 is 35.9. The molecule has 1 fully saturated rings. The smallest absolute Gasteiger partial charge is 0.342 e. The van der Waals surface area contributed by atoms with Crippen LogP contribution in [0.4, 0.5) is 0 Å². The first kappa shape index (κ1) is 21.1. The van der Waals surface area contributed by atoms with E-state index < -0.39 is 10.1 Å². The summed E-state index contributed by atoms with van der Waals surface area (Å²) in [7, 11) is -4.14. The summed E-state index contributed by atoms with van der Waals surface area (Å²) >= 11 is 5.96. The van der Waals surface area contributed by atoms with Gasteiger partial charge in [0.05, 0.1) is 17.7 Å². The van der Waals surface area contributed by atoms with Crippen LogP contribution in [0.25, 0.3) is 0 Å². The van der Waals surface area contributed by atoms with E-state index in [1.807, 2.05) is 4.90 Å². The highest BCUT2D eigenvalue weighted by Crippen LogP contribution is 2.26. The Morgan fingerprint density at radius 2 is 1.93 bits per heavy atom. The zero-order valence-electron chi connectivity index (χ0n) is 15.8. The number of piperidine rings is 1. The van der Waals surface area contributed by atoms with E-state index in [9.17, 15) is 8.42 Å². The molecule has 0 radical (unpaired) electrons. The molecule has 0 spiro atoms. The van der Waals surface area contributed by atoms with Crippen molar-refractivity contribution in [1.29, 1.82) is 5.41 Å². The van der Waals surface area contributed by atoms with E-state index in [0.29, 0.717) is 25.5 Å². The number of hydrogen-bond acceptors (Lipinski definition) is 7. The number of benzene rings is 1. The maximum Gasteiger partial charge on any atom is 0.342 e. The van der Waals surface area contributed by atoms with Gasteiger partial charge in [-0.25, -0.2) is 0 Å². The number of guanidine groups is 1. The van der Waals surface area contributed by atoms with E-state index in [0.717, 1.165) is 12.8 Å². The van der Waals surface area contributed by atoms with Gasteiger partial charge in [0.25, 0.3) is 0 Å². The molecule has 3 N–H and O–H groups in total. The lowest BCUT2D eigenvalue weighted by Crippen LogP contribution is -2.43. The number of aryl methyl sites for hydroxylation is 1. The Morgan fingerprint density at radius 1 is 1.28 bits per heavy atom. The molecule has 0 bridgehead atoms. The van der Waals surface area contributed by atoms with Crippen molar-refractivity contribution in [1.82, 2.24) is 14.9 Å². The second-order valence-corrected chi connectivity index (χ2v) is 8.61. The molecular formula is C18H22ClN5O4S. The molecule has 0 aliphatic carbocycles. The van der Waals surface area contributed by atoms with Crippen LogP contribution < -0.4 is 14.7 Å². The topological polar surface area (TPSA) is 131 Å². The van der Waals surface area contributed by atoms with Crippen LogP contribution in [-0.2, 0) is 10.1 Å². The van der Waals surface area contributed by atoms with Gasteiger partial charge in [0.1, 0.15) is 10.7 Å². The number of nitrogens with zero attached hydrogens (tertiary/aromatic N) is 3. The van der Waals surface area contributed by atoms with Gasteiger partial charge < -0.3 is 19.6 Å². The van der Waals surface area contributed by atoms with Gasteiger partial charge >= 0.3 is 10.1 Å². The molecule has 2 aromatic rings. The second-order valence-electron chi connectivity index (χ2n) is 6.69. The number of aromatic nitrogens is 2. The molecule has 2 heterocycles. The molecule has 9 nitrogen and oxygen atoms in total. The zero-order valence-corrected chi connectivity index (χ0v) is 17.4.